The maximum Gasteiger partial charge on any atom is 0.387 e. The molecule has 0 aliphatic heterocycles. The topological polar surface area (TPSA) is 51.1 Å². The summed E-state index contributed by atoms with van der Waals surface area (Å²) < 4.78 is 31.1. The van der Waals surface area contributed by atoms with E-state index in [2.05, 4.69) is 20.5 Å². The van der Waals surface area contributed by atoms with Crippen LogP contribution in [0.5, 0.6) is 5.75 Å². The lowest BCUT2D eigenvalue weighted by molar-refractivity contribution is -0.0493. The Bertz CT molecular complexity index is 1010. The van der Waals surface area contributed by atoms with Crippen molar-refractivity contribution in [1.82, 2.24) is 9.78 Å². The van der Waals surface area contributed by atoms with Gasteiger partial charge in [-0.2, -0.15) is 13.9 Å². The number of nitrogens with zero attached hydrogens (tertiary/aromatic N) is 2. The summed E-state index contributed by atoms with van der Waals surface area (Å²) in [6, 6.07) is 11.4. The molecule has 1 heterocycles. The SMILES string of the molecule is FC(F)Oc1ccccc1NC(=S)Nc1nn(Cc2c(Cl)cccc2Cl)cc1Cl. The Labute approximate surface area is 185 Å². The van der Waals surface area contributed by atoms with Gasteiger partial charge in [-0.15, -0.1) is 0 Å². The lowest BCUT2D eigenvalue weighted by Gasteiger charge is -2.13. The summed E-state index contributed by atoms with van der Waals surface area (Å²) >= 11 is 23.8. The van der Waals surface area contributed by atoms with Crippen molar-refractivity contribution in [2.75, 3.05) is 10.6 Å². The van der Waals surface area contributed by atoms with Gasteiger partial charge in [0, 0.05) is 21.8 Å². The number of alkyl halides is 2. The number of halogens is 5. The van der Waals surface area contributed by atoms with E-state index in [0.29, 0.717) is 27.2 Å². The molecule has 2 aromatic carbocycles. The van der Waals surface area contributed by atoms with Crippen molar-refractivity contribution in [1.29, 1.82) is 0 Å². The van der Waals surface area contributed by atoms with Crippen LogP contribution in [-0.2, 0) is 6.54 Å². The molecule has 0 saturated carbocycles. The molecule has 0 aliphatic rings. The number of anilines is 2. The van der Waals surface area contributed by atoms with Crippen LogP contribution < -0.4 is 15.4 Å². The maximum absolute atomic E-state index is 12.5. The van der Waals surface area contributed by atoms with E-state index in [0.717, 1.165) is 0 Å². The fourth-order valence-corrected chi connectivity index (χ4v) is 3.36. The molecule has 0 aliphatic carbocycles. The van der Waals surface area contributed by atoms with Crippen molar-refractivity contribution in [2.24, 2.45) is 0 Å². The van der Waals surface area contributed by atoms with Crippen LogP contribution in [0.4, 0.5) is 20.3 Å². The third-order valence-corrected chi connectivity index (χ3v) is 4.87. The van der Waals surface area contributed by atoms with Gasteiger partial charge in [0.2, 0.25) is 0 Å². The lowest BCUT2D eigenvalue weighted by Crippen LogP contribution is -2.20. The van der Waals surface area contributed by atoms with Crippen LogP contribution in [0.1, 0.15) is 5.56 Å². The average molecular weight is 478 g/mol. The van der Waals surface area contributed by atoms with E-state index in [1.807, 2.05) is 0 Å². The molecule has 29 heavy (non-hydrogen) atoms. The molecule has 11 heteroatoms. The van der Waals surface area contributed by atoms with Crippen LogP contribution in [0.15, 0.2) is 48.7 Å². The molecule has 0 atom stereocenters. The minimum Gasteiger partial charge on any atom is -0.433 e. The summed E-state index contributed by atoms with van der Waals surface area (Å²) in [6.07, 6.45) is 1.58. The highest BCUT2D eigenvalue weighted by Crippen LogP contribution is 2.28. The normalized spacial score (nSPS) is 10.8. The Balaban J connectivity index is 1.71. The molecule has 0 saturated heterocycles. The number of rotatable bonds is 6. The van der Waals surface area contributed by atoms with E-state index in [4.69, 9.17) is 47.0 Å². The van der Waals surface area contributed by atoms with Crippen LogP contribution in [-0.4, -0.2) is 21.5 Å². The monoisotopic (exact) mass is 476 g/mol. The fraction of sp³-hybridized carbons (Fsp3) is 0.111. The van der Waals surface area contributed by atoms with E-state index in [-0.39, 0.29) is 22.4 Å². The molecule has 2 N–H and O–H groups in total. The standard InChI is InChI=1S/C18H13Cl3F2N4OS/c19-11-4-3-5-12(20)10(11)8-27-9-13(21)16(26-27)25-18(29)24-14-6-1-2-7-15(14)28-17(22)23/h1-7,9,17H,8H2,(H2,24,25,26,29). The number of benzene rings is 2. The quantitative estimate of drug-likeness (QED) is 0.408. The summed E-state index contributed by atoms with van der Waals surface area (Å²) in [5.74, 6) is 0.233. The Morgan fingerprint density at radius 3 is 2.41 bits per heavy atom. The van der Waals surface area contributed by atoms with Crippen molar-refractivity contribution >= 4 is 63.6 Å². The highest BCUT2D eigenvalue weighted by molar-refractivity contribution is 7.80. The van der Waals surface area contributed by atoms with Gasteiger partial charge in [0.15, 0.2) is 10.9 Å². The fourth-order valence-electron chi connectivity index (χ4n) is 2.44. The van der Waals surface area contributed by atoms with E-state index >= 15 is 0 Å². The molecule has 0 radical (unpaired) electrons. The van der Waals surface area contributed by atoms with Crippen molar-refractivity contribution in [3.8, 4) is 5.75 Å². The van der Waals surface area contributed by atoms with Crippen molar-refractivity contribution in [3.05, 3.63) is 69.3 Å². The van der Waals surface area contributed by atoms with Gasteiger partial charge in [-0.1, -0.05) is 53.0 Å². The molecule has 152 valence electrons. The summed E-state index contributed by atoms with van der Waals surface area (Å²) in [6.45, 7) is -2.66. The number of nitrogens with one attached hydrogen (secondary N) is 2. The van der Waals surface area contributed by atoms with Gasteiger partial charge in [0.05, 0.1) is 12.2 Å². The molecule has 0 spiro atoms. The van der Waals surface area contributed by atoms with Crippen LogP contribution in [0.25, 0.3) is 0 Å². The highest BCUT2D eigenvalue weighted by Gasteiger charge is 2.14. The average Bonchev–Trinajstić information content (AvgIpc) is 2.98. The first-order valence-corrected chi connectivity index (χ1v) is 9.65. The summed E-state index contributed by atoms with van der Waals surface area (Å²) in [4.78, 5) is 0. The van der Waals surface area contributed by atoms with Gasteiger partial charge in [0.1, 0.15) is 10.8 Å². The zero-order valence-corrected chi connectivity index (χ0v) is 17.6. The first kappa shape index (κ1) is 21.6. The van der Waals surface area contributed by atoms with E-state index in [9.17, 15) is 8.78 Å². The zero-order chi connectivity index (χ0) is 21.0. The van der Waals surface area contributed by atoms with Gasteiger partial charge >= 0.3 is 6.61 Å². The number of aromatic nitrogens is 2. The molecule has 0 unspecified atom stereocenters. The van der Waals surface area contributed by atoms with Gasteiger partial charge in [-0.3, -0.25) is 4.68 Å². The summed E-state index contributed by atoms with van der Waals surface area (Å²) in [5, 5.41) is 11.3. The molecule has 1 aromatic heterocycles. The second-order valence-electron chi connectivity index (χ2n) is 5.68. The Kier molecular flexibility index (Phi) is 7.13. The predicted molar refractivity (Wildman–Crippen MR) is 116 cm³/mol. The highest BCUT2D eigenvalue weighted by atomic mass is 35.5. The van der Waals surface area contributed by atoms with Crippen LogP contribution >= 0.6 is 47.0 Å². The Hall–Kier alpha value is -2.13. The van der Waals surface area contributed by atoms with E-state index < -0.39 is 6.61 Å². The molecule has 3 aromatic rings. The number of para-hydroxylation sites is 2. The number of hydrogen-bond acceptors (Lipinski definition) is 3. The predicted octanol–water partition coefficient (Wildman–Crippen LogP) is 6.30. The molecule has 5 nitrogen and oxygen atoms in total. The van der Waals surface area contributed by atoms with Gasteiger partial charge in [-0.25, -0.2) is 0 Å². The van der Waals surface area contributed by atoms with Gasteiger partial charge in [0.25, 0.3) is 0 Å². The largest absolute Gasteiger partial charge is 0.433 e. The molecule has 0 bridgehead atoms. The number of hydrogen-bond donors (Lipinski definition) is 2. The van der Waals surface area contributed by atoms with Gasteiger partial charge in [-0.05, 0) is 36.5 Å². The minimum absolute atomic E-state index is 0.0448. The zero-order valence-electron chi connectivity index (χ0n) is 14.5. The molecule has 3 rings (SSSR count). The molecular weight excluding hydrogens is 465 g/mol. The third kappa shape index (κ3) is 5.70. The molecular formula is C18H13Cl3F2N4OS. The first-order chi connectivity index (χ1) is 13.8. The maximum atomic E-state index is 12.5. The van der Waals surface area contributed by atoms with E-state index in [1.165, 1.54) is 6.07 Å². The Morgan fingerprint density at radius 2 is 1.72 bits per heavy atom. The molecule has 0 fully saturated rings. The number of ether oxygens (including phenoxy) is 1. The van der Waals surface area contributed by atoms with Crippen molar-refractivity contribution < 1.29 is 13.5 Å². The lowest BCUT2D eigenvalue weighted by atomic mass is 10.2. The first-order valence-electron chi connectivity index (χ1n) is 8.11. The van der Waals surface area contributed by atoms with Crippen LogP contribution in [0.2, 0.25) is 15.1 Å². The minimum atomic E-state index is -2.96. The number of thiocarbonyl (C=S) groups is 1. The smallest absolute Gasteiger partial charge is 0.387 e. The van der Waals surface area contributed by atoms with Gasteiger partial charge < -0.3 is 15.4 Å². The van der Waals surface area contributed by atoms with E-state index in [1.54, 1.807) is 47.3 Å². The molecule has 0 amide bonds. The van der Waals surface area contributed by atoms with Crippen LogP contribution in [0, 0.1) is 0 Å². The second-order valence-corrected chi connectivity index (χ2v) is 7.31. The van der Waals surface area contributed by atoms with Crippen molar-refractivity contribution in [2.45, 2.75) is 13.2 Å². The second kappa shape index (κ2) is 9.58. The summed E-state index contributed by atoms with van der Waals surface area (Å²) in [7, 11) is 0. The van der Waals surface area contributed by atoms with Crippen LogP contribution in [0.3, 0.4) is 0 Å². The third-order valence-electron chi connectivity index (χ3n) is 3.68. The Morgan fingerprint density at radius 1 is 1.03 bits per heavy atom. The summed E-state index contributed by atoms with van der Waals surface area (Å²) in [5.41, 5.74) is 0.962. The van der Waals surface area contributed by atoms with Crippen molar-refractivity contribution in [3.63, 3.8) is 0 Å².